The van der Waals surface area contributed by atoms with E-state index in [1.54, 1.807) is 6.92 Å². The zero-order valence-corrected chi connectivity index (χ0v) is 9.84. The average molecular weight is 227 g/mol. The second kappa shape index (κ2) is 3.73. The molecular weight excluding hydrogens is 214 g/mol. The number of aromatic nitrogens is 3. The molecule has 86 valence electrons. The van der Waals surface area contributed by atoms with Gasteiger partial charge in [-0.2, -0.15) is 0 Å². The highest BCUT2D eigenvalue weighted by Crippen LogP contribution is 2.20. The summed E-state index contributed by atoms with van der Waals surface area (Å²) in [4.78, 5) is 0. The fraction of sp³-hybridized carbons (Fsp3) is 0.231. The number of hydrogen-bond acceptors (Lipinski definition) is 3. The zero-order chi connectivity index (χ0) is 11.8. The summed E-state index contributed by atoms with van der Waals surface area (Å²) < 4.78 is 7.51. The van der Waals surface area contributed by atoms with Crippen LogP contribution in [0, 0.1) is 13.8 Å². The van der Waals surface area contributed by atoms with E-state index < -0.39 is 0 Å². The number of rotatable bonds is 2. The van der Waals surface area contributed by atoms with Crippen LogP contribution in [0.25, 0.3) is 10.9 Å². The third-order valence-corrected chi connectivity index (χ3v) is 2.91. The Morgan fingerprint density at radius 2 is 2.06 bits per heavy atom. The van der Waals surface area contributed by atoms with Crippen molar-refractivity contribution in [2.75, 3.05) is 0 Å². The third-order valence-electron chi connectivity index (χ3n) is 2.91. The normalized spacial score (nSPS) is 11.2. The van der Waals surface area contributed by atoms with E-state index in [9.17, 15) is 0 Å². The Balaban J connectivity index is 2.04. The molecule has 2 heterocycles. The topological polar surface area (TPSA) is 43.9 Å². The zero-order valence-electron chi connectivity index (χ0n) is 9.84. The Hall–Kier alpha value is -2.10. The molecule has 3 rings (SSSR count). The lowest BCUT2D eigenvalue weighted by molar-refractivity contribution is 0.457. The number of nitrogens with zero attached hydrogens (tertiary/aromatic N) is 3. The lowest BCUT2D eigenvalue weighted by Gasteiger charge is -2.02. The van der Waals surface area contributed by atoms with Crippen molar-refractivity contribution < 1.29 is 4.42 Å². The van der Waals surface area contributed by atoms with Gasteiger partial charge in [-0.25, -0.2) is 0 Å². The fourth-order valence-electron chi connectivity index (χ4n) is 2.06. The van der Waals surface area contributed by atoms with Gasteiger partial charge in [0.15, 0.2) is 0 Å². The Labute approximate surface area is 98.9 Å². The van der Waals surface area contributed by atoms with Gasteiger partial charge in [0, 0.05) is 24.0 Å². The van der Waals surface area contributed by atoms with Crippen molar-refractivity contribution >= 4 is 10.9 Å². The van der Waals surface area contributed by atoms with Crippen LogP contribution in [0.3, 0.4) is 0 Å². The van der Waals surface area contributed by atoms with Crippen LogP contribution >= 0.6 is 0 Å². The molecule has 0 atom stereocenters. The van der Waals surface area contributed by atoms with Crippen LogP contribution in [0.4, 0.5) is 0 Å². The standard InChI is InChI=1S/C13H13N3O/c1-9-4-3-5-12-11(9)6-7-16(12)8-13-15-14-10(2)17-13/h3-7H,8H2,1-2H3. The number of hydrogen-bond donors (Lipinski definition) is 0. The fourth-order valence-corrected chi connectivity index (χ4v) is 2.06. The minimum atomic E-state index is 0.604. The van der Waals surface area contributed by atoms with Crippen molar-refractivity contribution in [1.29, 1.82) is 0 Å². The summed E-state index contributed by atoms with van der Waals surface area (Å²) in [7, 11) is 0. The first-order valence-electron chi connectivity index (χ1n) is 5.57. The van der Waals surface area contributed by atoms with E-state index in [4.69, 9.17) is 4.42 Å². The molecule has 4 nitrogen and oxygen atoms in total. The molecule has 0 saturated heterocycles. The first kappa shape index (κ1) is 10.1. The smallest absolute Gasteiger partial charge is 0.236 e. The number of benzene rings is 1. The van der Waals surface area contributed by atoms with Crippen LogP contribution in [-0.2, 0) is 6.54 Å². The molecule has 0 aliphatic heterocycles. The Morgan fingerprint density at radius 1 is 1.18 bits per heavy atom. The largest absolute Gasteiger partial charge is 0.424 e. The molecule has 0 N–H and O–H groups in total. The maximum absolute atomic E-state index is 5.39. The third kappa shape index (κ3) is 1.71. The van der Waals surface area contributed by atoms with Gasteiger partial charge in [-0.15, -0.1) is 10.2 Å². The van der Waals surface area contributed by atoms with Gasteiger partial charge in [0.1, 0.15) is 6.54 Å². The summed E-state index contributed by atoms with van der Waals surface area (Å²) in [5, 5.41) is 9.11. The molecule has 0 fully saturated rings. The highest BCUT2D eigenvalue weighted by Gasteiger charge is 2.07. The van der Waals surface area contributed by atoms with Crippen LogP contribution in [0.1, 0.15) is 17.3 Å². The van der Waals surface area contributed by atoms with Crippen molar-refractivity contribution in [2.24, 2.45) is 0 Å². The summed E-state index contributed by atoms with van der Waals surface area (Å²) in [6.45, 7) is 4.53. The van der Waals surface area contributed by atoms with E-state index in [0.717, 1.165) is 0 Å². The van der Waals surface area contributed by atoms with Crippen LogP contribution in [0.5, 0.6) is 0 Å². The molecule has 0 bridgehead atoms. The first-order valence-corrected chi connectivity index (χ1v) is 5.57. The van der Waals surface area contributed by atoms with Crippen LogP contribution in [0.15, 0.2) is 34.9 Å². The quantitative estimate of drug-likeness (QED) is 0.676. The van der Waals surface area contributed by atoms with Gasteiger partial charge in [-0.1, -0.05) is 12.1 Å². The molecule has 0 radical (unpaired) electrons. The lowest BCUT2D eigenvalue weighted by atomic mass is 10.1. The number of aryl methyl sites for hydroxylation is 2. The van der Waals surface area contributed by atoms with Gasteiger partial charge < -0.3 is 8.98 Å². The summed E-state index contributed by atoms with van der Waals surface area (Å²) in [6.07, 6.45) is 2.05. The minimum Gasteiger partial charge on any atom is -0.424 e. The Kier molecular flexibility index (Phi) is 2.21. The minimum absolute atomic E-state index is 0.604. The Bertz CT molecular complexity index is 666. The van der Waals surface area contributed by atoms with Crippen molar-refractivity contribution in [2.45, 2.75) is 20.4 Å². The highest BCUT2D eigenvalue weighted by molar-refractivity contribution is 5.83. The molecule has 0 amide bonds. The molecule has 1 aromatic carbocycles. The molecule has 0 unspecified atom stereocenters. The molecule has 0 aliphatic carbocycles. The van der Waals surface area contributed by atoms with Crippen LogP contribution in [0.2, 0.25) is 0 Å². The monoisotopic (exact) mass is 227 g/mol. The predicted molar refractivity (Wildman–Crippen MR) is 64.8 cm³/mol. The van der Waals surface area contributed by atoms with Gasteiger partial charge in [0.05, 0.1) is 0 Å². The lowest BCUT2D eigenvalue weighted by Crippen LogP contribution is -1.98. The van der Waals surface area contributed by atoms with E-state index in [2.05, 4.69) is 52.2 Å². The van der Waals surface area contributed by atoms with E-state index in [1.165, 1.54) is 16.5 Å². The van der Waals surface area contributed by atoms with Crippen LogP contribution < -0.4 is 0 Å². The van der Waals surface area contributed by atoms with Gasteiger partial charge >= 0.3 is 0 Å². The van der Waals surface area contributed by atoms with Crippen molar-refractivity contribution in [3.05, 3.63) is 47.8 Å². The highest BCUT2D eigenvalue weighted by atomic mass is 16.4. The van der Waals surface area contributed by atoms with Crippen molar-refractivity contribution in [3.63, 3.8) is 0 Å². The molecule has 17 heavy (non-hydrogen) atoms. The molecule has 0 spiro atoms. The SMILES string of the molecule is Cc1nnc(Cn2ccc3c(C)cccc32)o1. The molecule has 0 saturated carbocycles. The second-order valence-electron chi connectivity index (χ2n) is 4.17. The molecule has 0 aliphatic rings. The summed E-state index contributed by atoms with van der Waals surface area (Å²) >= 11 is 0. The van der Waals surface area contributed by atoms with Gasteiger partial charge in [-0.05, 0) is 24.6 Å². The van der Waals surface area contributed by atoms with E-state index in [0.29, 0.717) is 18.3 Å². The van der Waals surface area contributed by atoms with Crippen molar-refractivity contribution in [1.82, 2.24) is 14.8 Å². The summed E-state index contributed by atoms with van der Waals surface area (Å²) in [5.41, 5.74) is 2.48. The summed E-state index contributed by atoms with van der Waals surface area (Å²) in [6, 6.07) is 8.40. The Morgan fingerprint density at radius 3 is 2.82 bits per heavy atom. The van der Waals surface area contributed by atoms with Gasteiger partial charge in [0.25, 0.3) is 0 Å². The van der Waals surface area contributed by atoms with E-state index in [-0.39, 0.29) is 0 Å². The van der Waals surface area contributed by atoms with Gasteiger partial charge in [0.2, 0.25) is 11.8 Å². The molecule has 3 aromatic rings. The number of fused-ring (bicyclic) bond motifs is 1. The average Bonchev–Trinajstić information content (AvgIpc) is 2.88. The second-order valence-corrected chi connectivity index (χ2v) is 4.17. The summed E-state index contributed by atoms with van der Waals surface area (Å²) in [5.74, 6) is 1.24. The maximum atomic E-state index is 5.39. The van der Waals surface area contributed by atoms with Crippen molar-refractivity contribution in [3.8, 4) is 0 Å². The predicted octanol–water partition coefficient (Wildman–Crippen LogP) is 2.69. The molecule has 2 aromatic heterocycles. The van der Waals surface area contributed by atoms with Gasteiger partial charge in [-0.3, -0.25) is 0 Å². The molecular formula is C13H13N3O. The van der Waals surface area contributed by atoms with E-state index >= 15 is 0 Å². The molecule has 4 heteroatoms. The van der Waals surface area contributed by atoms with Crippen LogP contribution in [-0.4, -0.2) is 14.8 Å². The first-order chi connectivity index (χ1) is 8.24. The van der Waals surface area contributed by atoms with E-state index in [1.807, 2.05) is 0 Å². The maximum Gasteiger partial charge on any atom is 0.236 e.